The van der Waals surface area contributed by atoms with Crippen LogP contribution in [0.15, 0.2) is 24.3 Å². The summed E-state index contributed by atoms with van der Waals surface area (Å²) < 4.78 is 0. The predicted octanol–water partition coefficient (Wildman–Crippen LogP) is 3.10. The van der Waals surface area contributed by atoms with Crippen LogP contribution in [-0.4, -0.2) is 4.98 Å². The lowest BCUT2D eigenvalue weighted by Crippen LogP contribution is -1.91. The second-order valence-electron chi connectivity index (χ2n) is 4.56. The number of aryl methyl sites for hydroxylation is 2. The van der Waals surface area contributed by atoms with Crippen LogP contribution in [0, 0.1) is 13.8 Å². The highest BCUT2D eigenvalue weighted by Crippen LogP contribution is 2.34. The summed E-state index contributed by atoms with van der Waals surface area (Å²) in [5.41, 5.74) is 17.9. The van der Waals surface area contributed by atoms with E-state index in [1.165, 1.54) is 0 Å². The highest BCUT2D eigenvalue weighted by molar-refractivity contribution is 6.14. The summed E-state index contributed by atoms with van der Waals surface area (Å²) in [4.78, 5) is 3.35. The smallest absolute Gasteiger partial charge is 0.0701 e. The van der Waals surface area contributed by atoms with Crippen LogP contribution < -0.4 is 11.5 Å². The van der Waals surface area contributed by atoms with Crippen LogP contribution in [0.4, 0.5) is 11.4 Å². The third kappa shape index (κ3) is 1.22. The molecule has 0 amide bonds. The van der Waals surface area contributed by atoms with E-state index < -0.39 is 0 Å². The van der Waals surface area contributed by atoms with E-state index in [-0.39, 0.29) is 0 Å². The first-order chi connectivity index (χ1) is 8.09. The van der Waals surface area contributed by atoms with Crippen LogP contribution in [0.5, 0.6) is 0 Å². The SMILES string of the molecule is Cc1ccc2c([nH]c3c(N)c(C)ccc32)c1N. The number of aromatic nitrogens is 1. The van der Waals surface area contributed by atoms with Gasteiger partial charge in [0, 0.05) is 10.8 Å². The fraction of sp³-hybridized carbons (Fsp3) is 0.143. The zero-order chi connectivity index (χ0) is 12.2. The molecule has 5 N–H and O–H groups in total. The predicted molar refractivity (Wildman–Crippen MR) is 74.1 cm³/mol. The summed E-state index contributed by atoms with van der Waals surface area (Å²) in [5.74, 6) is 0. The minimum Gasteiger partial charge on any atom is -0.397 e. The lowest BCUT2D eigenvalue weighted by atomic mass is 10.1. The topological polar surface area (TPSA) is 67.8 Å². The van der Waals surface area contributed by atoms with Gasteiger partial charge in [-0.1, -0.05) is 24.3 Å². The van der Waals surface area contributed by atoms with Crippen LogP contribution >= 0.6 is 0 Å². The molecular formula is C14H15N3. The molecule has 0 radical (unpaired) electrons. The van der Waals surface area contributed by atoms with Gasteiger partial charge in [0.1, 0.15) is 0 Å². The maximum Gasteiger partial charge on any atom is 0.0701 e. The number of fused-ring (bicyclic) bond motifs is 3. The largest absolute Gasteiger partial charge is 0.397 e. The Morgan fingerprint density at radius 3 is 1.59 bits per heavy atom. The van der Waals surface area contributed by atoms with Gasteiger partial charge in [-0.25, -0.2) is 0 Å². The summed E-state index contributed by atoms with van der Waals surface area (Å²) in [6.45, 7) is 4.02. The van der Waals surface area contributed by atoms with Gasteiger partial charge in [-0.15, -0.1) is 0 Å². The van der Waals surface area contributed by atoms with Gasteiger partial charge in [0.15, 0.2) is 0 Å². The number of nitrogens with two attached hydrogens (primary N) is 2. The van der Waals surface area contributed by atoms with Crippen molar-refractivity contribution in [1.29, 1.82) is 0 Å². The fourth-order valence-electron chi connectivity index (χ4n) is 2.29. The first-order valence-corrected chi connectivity index (χ1v) is 5.65. The number of nitrogens with one attached hydrogen (secondary N) is 1. The van der Waals surface area contributed by atoms with Crippen LogP contribution in [-0.2, 0) is 0 Å². The first kappa shape index (κ1) is 10.0. The quantitative estimate of drug-likeness (QED) is 0.514. The van der Waals surface area contributed by atoms with E-state index in [9.17, 15) is 0 Å². The standard InChI is InChI=1S/C14H15N3/c1-7-3-5-9-10-6-4-8(2)12(16)14(10)17-13(9)11(7)15/h3-6,17H,15-16H2,1-2H3. The molecule has 3 heteroatoms. The molecule has 0 aliphatic carbocycles. The van der Waals surface area contributed by atoms with Gasteiger partial charge < -0.3 is 16.5 Å². The van der Waals surface area contributed by atoms with Gasteiger partial charge in [0.25, 0.3) is 0 Å². The molecular weight excluding hydrogens is 210 g/mol. The first-order valence-electron chi connectivity index (χ1n) is 5.65. The zero-order valence-corrected chi connectivity index (χ0v) is 9.96. The van der Waals surface area contributed by atoms with E-state index in [0.29, 0.717) is 0 Å². The molecule has 17 heavy (non-hydrogen) atoms. The summed E-state index contributed by atoms with van der Waals surface area (Å²) in [7, 11) is 0. The average molecular weight is 225 g/mol. The number of aromatic amines is 1. The third-order valence-corrected chi connectivity index (χ3v) is 3.47. The molecule has 2 aromatic carbocycles. The van der Waals surface area contributed by atoms with Crippen molar-refractivity contribution in [3.05, 3.63) is 35.4 Å². The Labute approximate surface area is 99.4 Å². The maximum absolute atomic E-state index is 6.10. The van der Waals surface area contributed by atoms with Crippen LogP contribution in [0.3, 0.4) is 0 Å². The molecule has 0 aliphatic heterocycles. The number of H-pyrrole nitrogens is 1. The highest BCUT2D eigenvalue weighted by atomic mass is 14.8. The summed E-state index contributed by atoms with van der Waals surface area (Å²) in [6.07, 6.45) is 0. The second-order valence-corrected chi connectivity index (χ2v) is 4.56. The molecule has 0 fully saturated rings. The Hall–Kier alpha value is -2.16. The van der Waals surface area contributed by atoms with E-state index >= 15 is 0 Å². The summed E-state index contributed by atoms with van der Waals surface area (Å²) >= 11 is 0. The Morgan fingerprint density at radius 2 is 1.18 bits per heavy atom. The Bertz CT molecular complexity index is 676. The highest BCUT2D eigenvalue weighted by Gasteiger charge is 2.10. The van der Waals surface area contributed by atoms with Gasteiger partial charge in [-0.05, 0) is 25.0 Å². The normalized spacial score (nSPS) is 11.4. The monoisotopic (exact) mass is 225 g/mol. The van der Waals surface area contributed by atoms with Crippen molar-refractivity contribution < 1.29 is 0 Å². The molecule has 3 rings (SSSR count). The van der Waals surface area contributed by atoms with E-state index in [0.717, 1.165) is 44.3 Å². The van der Waals surface area contributed by atoms with Crippen molar-refractivity contribution in [1.82, 2.24) is 4.98 Å². The van der Waals surface area contributed by atoms with E-state index in [1.807, 2.05) is 26.0 Å². The molecule has 0 aliphatic rings. The van der Waals surface area contributed by atoms with Crippen molar-refractivity contribution in [3.63, 3.8) is 0 Å². The van der Waals surface area contributed by atoms with Crippen molar-refractivity contribution in [2.45, 2.75) is 13.8 Å². The number of benzene rings is 2. The molecule has 0 unspecified atom stereocenters. The molecule has 0 saturated heterocycles. The lowest BCUT2D eigenvalue weighted by Gasteiger charge is -2.00. The van der Waals surface area contributed by atoms with Crippen LogP contribution in [0.2, 0.25) is 0 Å². The van der Waals surface area contributed by atoms with E-state index in [1.54, 1.807) is 0 Å². The maximum atomic E-state index is 6.10. The fourth-order valence-corrected chi connectivity index (χ4v) is 2.29. The van der Waals surface area contributed by atoms with E-state index in [2.05, 4.69) is 17.1 Å². The van der Waals surface area contributed by atoms with Gasteiger partial charge in [-0.2, -0.15) is 0 Å². The minimum absolute atomic E-state index is 0.802. The average Bonchev–Trinajstić information content (AvgIpc) is 2.69. The van der Waals surface area contributed by atoms with Crippen LogP contribution in [0.1, 0.15) is 11.1 Å². The minimum atomic E-state index is 0.802. The molecule has 0 spiro atoms. The number of hydrogen-bond donors (Lipinski definition) is 3. The Balaban J connectivity index is 2.58. The molecule has 0 saturated carbocycles. The Kier molecular flexibility index (Phi) is 1.87. The van der Waals surface area contributed by atoms with Gasteiger partial charge in [-0.3, -0.25) is 0 Å². The molecule has 86 valence electrons. The third-order valence-electron chi connectivity index (χ3n) is 3.47. The lowest BCUT2D eigenvalue weighted by molar-refractivity contribution is 1.45. The summed E-state index contributed by atoms with van der Waals surface area (Å²) in [6, 6.07) is 8.27. The van der Waals surface area contributed by atoms with Gasteiger partial charge in [0.2, 0.25) is 0 Å². The molecule has 1 heterocycles. The van der Waals surface area contributed by atoms with Crippen molar-refractivity contribution in [2.24, 2.45) is 0 Å². The van der Waals surface area contributed by atoms with Crippen molar-refractivity contribution in [3.8, 4) is 0 Å². The van der Waals surface area contributed by atoms with Crippen LogP contribution in [0.25, 0.3) is 21.8 Å². The number of nitrogen functional groups attached to an aromatic ring is 2. The number of rotatable bonds is 0. The number of anilines is 2. The van der Waals surface area contributed by atoms with E-state index in [4.69, 9.17) is 11.5 Å². The molecule has 0 bridgehead atoms. The van der Waals surface area contributed by atoms with Crippen molar-refractivity contribution >= 4 is 33.2 Å². The second kappa shape index (κ2) is 3.17. The van der Waals surface area contributed by atoms with Gasteiger partial charge in [0.05, 0.1) is 22.4 Å². The molecule has 3 nitrogen and oxygen atoms in total. The van der Waals surface area contributed by atoms with Gasteiger partial charge >= 0.3 is 0 Å². The zero-order valence-electron chi connectivity index (χ0n) is 9.96. The summed E-state index contributed by atoms with van der Waals surface area (Å²) in [5, 5.41) is 2.27. The Morgan fingerprint density at radius 1 is 0.765 bits per heavy atom. The molecule has 3 aromatic rings. The molecule has 1 aromatic heterocycles. The number of hydrogen-bond acceptors (Lipinski definition) is 2. The molecule has 0 atom stereocenters. The van der Waals surface area contributed by atoms with Crippen molar-refractivity contribution in [2.75, 3.05) is 11.5 Å².